The summed E-state index contributed by atoms with van der Waals surface area (Å²) in [5.74, 6) is 0. The van der Waals surface area contributed by atoms with Gasteiger partial charge in [-0.05, 0) is 12.1 Å². The fourth-order valence-electron chi connectivity index (χ4n) is 1.18. The molecule has 14 heavy (non-hydrogen) atoms. The Hall–Kier alpha value is -1.72. The first-order valence-electron chi connectivity index (χ1n) is 3.73. The van der Waals surface area contributed by atoms with Crippen molar-refractivity contribution in [3.8, 4) is 0 Å². The molecule has 2 aromatic rings. The van der Waals surface area contributed by atoms with Crippen LogP contribution in [0.5, 0.6) is 0 Å². The molecule has 0 bridgehead atoms. The average molecular weight is 202 g/mol. The quantitative estimate of drug-likeness (QED) is 0.665. The van der Waals surface area contributed by atoms with E-state index in [4.69, 9.17) is 5.21 Å². The monoisotopic (exact) mass is 202 g/mol. The van der Waals surface area contributed by atoms with Crippen LogP contribution in [-0.2, 0) is 6.18 Å². The normalized spacial score (nSPS) is 12.2. The van der Waals surface area contributed by atoms with Gasteiger partial charge in [-0.15, -0.1) is 9.94 Å². The van der Waals surface area contributed by atoms with E-state index in [1.165, 1.54) is 12.3 Å². The molecule has 0 unspecified atom stereocenters. The van der Waals surface area contributed by atoms with Crippen LogP contribution in [0, 0.1) is 0 Å². The molecule has 0 saturated heterocycles. The first kappa shape index (κ1) is 8.86. The highest BCUT2D eigenvalue weighted by molar-refractivity contribution is 5.79. The maximum absolute atomic E-state index is 12.2. The van der Waals surface area contributed by atoms with Gasteiger partial charge in [0.05, 0.1) is 11.8 Å². The molecule has 0 aliphatic heterocycles. The molecular formula is C8H5F3N2O. The molecule has 1 aromatic heterocycles. The molecule has 1 N–H and O–H groups in total. The second-order valence-electron chi connectivity index (χ2n) is 2.81. The van der Waals surface area contributed by atoms with Crippen molar-refractivity contribution in [2.45, 2.75) is 6.18 Å². The van der Waals surface area contributed by atoms with E-state index in [0.29, 0.717) is 10.2 Å². The maximum Gasteiger partial charge on any atom is 0.416 e. The van der Waals surface area contributed by atoms with Gasteiger partial charge in [-0.25, -0.2) is 0 Å². The smallest absolute Gasteiger partial charge is 0.411 e. The van der Waals surface area contributed by atoms with Gasteiger partial charge in [0.1, 0.15) is 5.52 Å². The molecule has 1 heterocycles. The summed E-state index contributed by atoms with van der Waals surface area (Å²) < 4.78 is 36.7. The van der Waals surface area contributed by atoms with E-state index in [0.717, 1.165) is 12.1 Å². The number of fused-ring (bicyclic) bond motifs is 1. The van der Waals surface area contributed by atoms with Gasteiger partial charge < -0.3 is 5.21 Å². The van der Waals surface area contributed by atoms with E-state index in [2.05, 4.69) is 5.10 Å². The van der Waals surface area contributed by atoms with Crippen molar-refractivity contribution in [3.63, 3.8) is 0 Å². The minimum atomic E-state index is -4.40. The van der Waals surface area contributed by atoms with Gasteiger partial charge in [0.25, 0.3) is 0 Å². The molecule has 0 fully saturated rings. The van der Waals surface area contributed by atoms with Crippen LogP contribution in [0.1, 0.15) is 5.56 Å². The zero-order valence-electron chi connectivity index (χ0n) is 6.78. The van der Waals surface area contributed by atoms with Crippen molar-refractivity contribution >= 4 is 10.9 Å². The third-order valence-corrected chi connectivity index (χ3v) is 1.88. The SMILES string of the molecule is On1ncc2ccc(C(F)(F)F)cc21. The van der Waals surface area contributed by atoms with E-state index in [9.17, 15) is 13.2 Å². The number of halogens is 3. The Morgan fingerprint density at radius 3 is 2.64 bits per heavy atom. The molecule has 6 heteroatoms. The number of alkyl halides is 3. The highest BCUT2D eigenvalue weighted by Gasteiger charge is 2.30. The van der Waals surface area contributed by atoms with Crippen molar-refractivity contribution in [2.24, 2.45) is 0 Å². The lowest BCUT2D eigenvalue weighted by Crippen LogP contribution is -2.04. The summed E-state index contributed by atoms with van der Waals surface area (Å²) in [6.07, 6.45) is -3.12. The molecule has 0 spiro atoms. The number of aromatic nitrogens is 2. The number of rotatable bonds is 0. The number of hydrogen-bond donors (Lipinski definition) is 1. The Labute approximate surface area is 76.3 Å². The molecule has 0 saturated carbocycles. The Balaban J connectivity index is 2.66. The average Bonchev–Trinajstić information content (AvgIpc) is 2.46. The van der Waals surface area contributed by atoms with Gasteiger partial charge in [-0.3, -0.25) is 0 Å². The molecule has 2 rings (SSSR count). The minimum Gasteiger partial charge on any atom is -0.411 e. The summed E-state index contributed by atoms with van der Waals surface area (Å²) in [6, 6.07) is 3.06. The van der Waals surface area contributed by atoms with E-state index < -0.39 is 11.7 Å². The van der Waals surface area contributed by atoms with Crippen molar-refractivity contribution in [1.82, 2.24) is 9.94 Å². The van der Waals surface area contributed by atoms with Gasteiger partial charge in [0.2, 0.25) is 0 Å². The zero-order valence-corrected chi connectivity index (χ0v) is 6.78. The first-order valence-corrected chi connectivity index (χ1v) is 3.73. The number of nitrogens with zero attached hydrogens (tertiary/aromatic N) is 2. The first-order chi connectivity index (χ1) is 6.48. The van der Waals surface area contributed by atoms with E-state index in [1.54, 1.807) is 0 Å². The van der Waals surface area contributed by atoms with Crippen LogP contribution in [-0.4, -0.2) is 15.2 Å². The largest absolute Gasteiger partial charge is 0.416 e. The van der Waals surface area contributed by atoms with Crippen molar-refractivity contribution in [2.75, 3.05) is 0 Å². The predicted octanol–water partition coefficient (Wildman–Crippen LogP) is 2.29. The third kappa shape index (κ3) is 1.28. The fraction of sp³-hybridized carbons (Fsp3) is 0.125. The summed E-state index contributed by atoms with van der Waals surface area (Å²) in [6.45, 7) is 0. The van der Waals surface area contributed by atoms with E-state index in [1.807, 2.05) is 0 Å². The second kappa shape index (κ2) is 2.63. The summed E-state index contributed by atoms with van der Waals surface area (Å²) >= 11 is 0. The second-order valence-corrected chi connectivity index (χ2v) is 2.81. The van der Waals surface area contributed by atoms with Crippen LogP contribution in [0.3, 0.4) is 0 Å². The lowest BCUT2D eigenvalue weighted by Gasteiger charge is -2.05. The van der Waals surface area contributed by atoms with Crippen molar-refractivity contribution in [3.05, 3.63) is 30.0 Å². The fourth-order valence-corrected chi connectivity index (χ4v) is 1.18. The Kier molecular flexibility index (Phi) is 1.67. The molecular weight excluding hydrogens is 197 g/mol. The van der Waals surface area contributed by atoms with Crippen LogP contribution in [0.4, 0.5) is 13.2 Å². The van der Waals surface area contributed by atoms with Crippen LogP contribution in [0.15, 0.2) is 24.4 Å². The number of benzene rings is 1. The van der Waals surface area contributed by atoms with E-state index in [-0.39, 0.29) is 5.52 Å². The molecule has 0 aliphatic rings. The predicted molar refractivity (Wildman–Crippen MR) is 41.9 cm³/mol. The van der Waals surface area contributed by atoms with Crippen LogP contribution < -0.4 is 0 Å². The molecule has 0 aliphatic carbocycles. The van der Waals surface area contributed by atoms with Crippen LogP contribution in [0.25, 0.3) is 10.9 Å². The topological polar surface area (TPSA) is 38.0 Å². The molecule has 1 aromatic carbocycles. The van der Waals surface area contributed by atoms with Crippen molar-refractivity contribution in [1.29, 1.82) is 0 Å². The zero-order chi connectivity index (χ0) is 10.3. The standard InChI is InChI=1S/C8H5F3N2O/c9-8(10,11)6-2-1-5-4-12-13(14)7(5)3-6/h1-4,14H. The summed E-state index contributed by atoms with van der Waals surface area (Å²) in [5, 5.41) is 12.9. The van der Waals surface area contributed by atoms with Gasteiger partial charge in [-0.2, -0.15) is 13.2 Å². The molecule has 3 nitrogen and oxygen atoms in total. The Bertz CT molecular complexity index is 475. The lowest BCUT2D eigenvalue weighted by molar-refractivity contribution is -0.137. The Morgan fingerprint density at radius 1 is 1.29 bits per heavy atom. The lowest BCUT2D eigenvalue weighted by atomic mass is 10.1. The molecule has 74 valence electrons. The van der Waals surface area contributed by atoms with Gasteiger partial charge in [0, 0.05) is 5.39 Å². The van der Waals surface area contributed by atoms with E-state index >= 15 is 0 Å². The van der Waals surface area contributed by atoms with Gasteiger partial charge >= 0.3 is 6.18 Å². The highest BCUT2D eigenvalue weighted by atomic mass is 19.4. The number of hydrogen-bond acceptors (Lipinski definition) is 2. The molecule has 0 amide bonds. The molecule has 0 atom stereocenters. The third-order valence-electron chi connectivity index (χ3n) is 1.88. The highest BCUT2D eigenvalue weighted by Crippen LogP contribution is 2.30. The van der Waals surface area contributed by atoms with Gasteiger partial charge in [-0.1, -0.05) is 6.07 Å². The van der Waals surface area contributed by atoms with Crippen LogP contribution >= 0.6 is 0 Å². The minimum absolute atomic E-state index is 0.0415. The van der Waals surface area contributed by atoms with Gasteiger partial charge in [0.15, 0.2) is 0 Å². The summed E-state index contributed by atoms with van der Waals surface area (Å²) in [4.78, 5) is 0.421. The maximum atomic E-state index is 12.2. The summed E-state index contributed by atoms with van der Waals surface area (Å²) in [5.41, 5.74) is -0.763. The van der Waals surface area contributed by atoms with Crippen LogP contribution in [0.2, 0.25) is 0 Å². The summed E-state index contributed by atoms with van der Waals surface area (Å²) in [7, 11) is 0. The molecule has 0 radical (unpaired) electrons. The van der Waals surface area contributed by atoms with Crippen molar-refractivity contribution < 1.29 is 18.4 Å². The Morgan fingerprint density at radius 2 is 2.00 bits per heavy atom.